The number of esters is 1. The molecule has 170 valence electrons. The Morgan fingerprint density at radius 3 is 2.41 bits per heavy atom. The topological polar surface area (TPSA) is 88.2 Å². The second-order valence-electron chi connectivity index (χ2n) is 7.09. The lowest BCUT2D eigenvalue weighted by molar-refractivity contribution is -0.151. The number of rotatable bonds is 8. The summed E-state index contributed by atoms with van der Waals surface area (Å²) in [5.74, 6) is -1.40. The molecule has 2 aromatic rings. The number of para-hydroxylation sites is 2. The van der Waals surface area contributed by atoms with Crippen molar-refractivity contribution >= 4 is 23.5 Å². The Labute approximate surface area is 185 Å². The van der Waals surface area contributed by atoms with Crippen molar-refractivity contribution in [3.63, 3.8) is 0 Å². The van der Waals surface area contributed by atoms with Gasteiger partial charge < -0.3 is 24.6 Å². The molecule has 0 spiro atoms. The average molecular weight is 443 g/mol. The van der Waals surface area contributed by atoms with E-state index in [2.05, 4.69) is 5.32 Å². The highest BCUT2D eigenvalue weighted by Crippen LogP contribution is 2.20. The minimum absolute atomic E-state index is 0.299. The van der Waals surface area contributed by atoms with Gasteiger partial charge in [-0.05, 0) is 31.2 Å². The maximum atomic E-state index is 13.9. The van der Waals surface area contributed by atoms with Gasteiger partial charge in [0, 0.05) is 26.2 Å². The smallest absolute Gasteiger partial charge is 0.325 e. The SMILES string of the molecule is CCOc1ccccc1C(=O)NCC(=O)OCC(=O)N1CCN(c2ccccc2F)CC1. The van der Waals surface area contributed by atoms with Crippen molar-refractivity contribution in [2.45, 2.75) is 6.92 Å². The summed E-state index contributed by atoms with van der Waals surface area (Å²) < 4.78 is 24.3. The molecule has 1 aliphatic heterocycles. The molecule has 1 aliphatic rings. The van der Waals surface area contributed by atoms with Crippen LogP contribution in [0.3, 0.4) is 0 Å². The van der Waals surface area contributed by atoms with E-state index in [1.165, 1.54) is 6.07 Å². The van der Waals surface area contributed by atoms with Crippen molar-refractivity contribution < 1.29 is 28.2 Å². The Morgan fingerprint density at radius 1 is 1.00 bits per heavy atom. The molecule has 0 unspecified atom stereocenters. The largest absolute Gasteiger partial charge is 0.493 e. The average Bonchev–Trinajstić information content (AvgIpc) is 2.82. The van der Waals surface area contributed by atoms with Gasteiger partial charge in [0.05, 0.1) is 17.9 Å². The number of ether oxygens (including phenoxy) is 2. The molecule has 0 bridgehead atoms. The monoisotopic (exact) mass is 443 g/mol. The minimum atomic E-state index is -0.717. The molecular weight excluding hydrogens is 417 g/mol. The fraction of sp³-hybridized carbons (Fsp3) is 0.348. The first-order valence-corrected chi connectivity index (χ1v) is 10.4. The first kappa shape index (κ1) is 23.1. The maximum absolute atomic E-state index is 13.9. The Balaban J connectivity index is 1.40. The molecule has 9 heteroatoms. The Bertz CT molecular complexity index is 960. The highest BCUT2D eigenvalue weighted by Gasteiger charge is 2.23. The van der Waals surface area contributed by atoms with E-state index in [0.717, 1.165) is 0 Å². The third kappa shape index (κ3) is 5.96. The summed E-state index contributed by atoms with van der Waals surface area (Å²) in [6.45, 7) is 3.20. The van der Waals surface area contributed by atoms with Crippen LogP contribution in [0.25, 0.3) is 0 Å². The first-order chi connectivity index (χ1) is 15.5. The van der Waals surface area contributed by atoms with Crippen LogP contribution in [0.4, 0.5) is 10.1 Å². The number of carbonyl (C=O) groups excluding carboxylic acids is 3. The van der Waals surface area contributed by atoms with Crippen LogP contribution in [0.1, 0.15) is 17.3 Å². The minimum Gasteiger partial charge on any atom is -0.493 e. The summed E-state index contributed by atoms with van der Waals surface area (Å²) in [6.07, 6.45) is 0. The zero-order valence-electron chi connectivity index (χ0n) is 17.9. The van der Waals surface area contributed by atoms with E-state index in [-0.39, 0.29) is 18.3 Å². The van der Waals surface area contributed by atoms with Crippen molar-refractivity contribution in [2.24, 2.45) is 0 Å². The van der Waals surface area contributed by atoms with Gasteiger partial charge >= 0.3 is 5.97 Å². The lowest BCUT2D eigenvalue weighted by Gasteiger charge is -2.36. The van der Waals surface area contributed by atoms with Gasteiger partial charge in [0.2, 0.25) is 0 Å². The normalized spacial score (nSPS) is 13.4. The van der Waals surface area contributed by atoms with Crippen molar-refractivity contribution in [3.8, 4) is 5.75 Å². The van der Waals surface area contributed by atoms with Crippen molar-refractivity contribution in [3.05, 3.63) is 59.9 Å². The number of nitrogens with zero attached hydrogens (tertiary/aromatic N) is 2. The van der Waals surface area contributed by atoms with E-state index in [9.17, 15) is 18.8 Å². The molecule has 0 atom stereocenters. The van der Waals surface area contributed by atoms with Crippen LogP contribution in [-0.4, -0.2) is 68.6 Å². The van der Waals surface area contributed by atoms with E-state index in [1.54, 1.807) is 47.4 Å². The third-order valence-electron chi connectivity index (χ3n) is 5.01. The predicted molar refractivity (Wildman–Crippen MR) is 116 cm³/mol. The van der Waals surface area contributed by atoms with Gasteiger partial charge in [-0.15, -0.1) is 0 Å². The van der Waals surface area contributed by atoms with Crippen LogP contribution in [0.15, 0.2) is 48.5 Å². The molecule has 0 saturated carbocycles. The van der Waals surface area contributed by atoms with Gasteiger partial charge in [-0.3, -0.25) is 14.4 Å². The number of halogens is 1. The molecule has 32 heavy (non-hydrogen) atoms. The summed E-state index contributed by atoms with van der Waals surface area (Å²) in [5, 5.41) is 2.47. The molecule has 8 nitrogen and oxygen atoms in total. The summed E-state index contributed by atoms with van der Waals surface area (Å²) in [7, 11) is 0. The lowest BCUT2D eigenvalue weighted by atomic mass is 10.2. The molecule has 0 radical (unpaired) electrons. The summed E-state index contributed by atoms with van der Waals surface area (Å²) in [4.78, 5) is 40.0. The summed E-state index contributed by atoms with van der Waals surface area (Å²) in [6, 6.07) is 13.2. The van der Waals surface area contributed by atoms with Crippen molar-refractivity contribution in [2.75, 3.05) is 50.8 Å². The number of amides is 2. The first-order valence-electron chi connectivity index (χ1n) is 10.4. The Kier molecular flexibility index (Phi) is 8.02. The molecule has 2 amide bonds. The number of hydrogen-bond donors (Lipinski definition) is 1. The molecule has 0 aromatic heterocycles. The van der Waals surface area contributed by atoms with Gasteiger partial charge in [0.1, 0.15) is 18.1 Å². The van der Waals surface area contributed by atoms with Crippen LogP contribution in [0.2, 0.25) is 0 Å². The van der Waals surface area contributed by atoms with E-state index >= 15 is 0 Å². The second kappa shape index (κ2) is 11.1. The Morgan fingerprint density at radius 2 is 1.69 bits per heavy atom. The molecule has 1 fully saturated rings. The molecule has 1 saturated heterocycles. The van der Waals surface area contributed by atoms with E-state index in [1.807, 2.05) is 11.8 Å². The van der Waals surface area contributed by atoms with Crippen LogP contribution in [0.5, 0.6) is 5.75 Å². The highest BCUT2D eigenvalue weighted by atomic mass is 19.1. The van der Waals surface area contributed by atoms with Gasteiger partial charge in [-0.1, -0.05) is 24.3 Å². The van der Waals surface area contributed by atoms with Gasteiger partial charge in [0.15, 0.2) is 6.61 Å². The van der Waals surface area contributed by atoms with Gasteiger partial charge in [-0.2, -0.15) is 0 Å². The quantitative estimate of drug-likeness (QED) is 0.627. The van der Waals surface area contributed by atoms with Crippen LogP contribution in [0, 0.1) is 5.82 Å². The van der Waals surface area contributed by atoms with E-state index in [0.29, 0.717) is 49.8 Å². The lowest BCUT2D eigenvalue weighted by Crippen LogP contribution is -2.50. The van der Waals surface area contributed by atoms with Crippen LogP contribution >= 0.6 is 0 Å². The van der Waals surface area contributed by atoms with Crippen molar-refractivity contribution in [1.29, 1.82) is 0 Å². The summed E-state index contributed by atoms with van der Waals surface area (Å²) in [5.41, 5.74) is 0.818. The van der Waals surface area contributed by atoms with Crippen LogP contribution in [-0.2, 0) is 14.3 Å². The molecule has 0 aliphatic carbocycles. The van der Waals surface area contributed by atoms with Gasteiger partial charge in [-0.25, -0.2) is 4.39 Å². The third-order valence-corrected chi connectivity index (χ3v) is 5.01. The maximum Gasteiger partial charge on any atom is 0.325 e. The zero-order valence-corrected chi connectivity index (χ0v) is 17.9. The van der Waals surface area contributed by atoms with E-state index in [4.69, 9.17) is 9.47 Å². The number of hydrogen-bond acceptors (Lipinski definition) is 6. The number of nitrogens with one attached hydrogen (secondary N) is 1. The number of benzene rings is 2. The van der Waals surface area contributed by atoms with Crippen LogP contribution < -0.4 is 15.0 Å². The standard InChI is InChI=1S/C23H26FN3O5/c1-2-31-20-10-6-3-7-17(20)23(30)25-15-22(29)32-16-21(28)27-13-11-26(12-14-27)19-9-5-4-8-18(19)24/h3-10H,2,11-16H2,1H3,(H,25,30). The fourth-order valence-corrected chi connectivity index (χ4v) is 3.37. The molecular formula is C23H26FN3O5. The highest BCUT2D eigenvalue weighted by molar-refractivity contribution is 5.98. The predicted octanol–water partition coefficient (Wildman–Crippen LogP) is 1.85. The zero-order chi connectivity index (χ0) is 22.9. The number of piperazine rings is 1. The van der Waals surface area contributed by atoms with Crippen molar-refractivity contribution in [1.82, 2.24) is 10.2 Å². The molecule has 1 N–H and O–H groups in total. The fourth-order valence-electron chi connectivity index (χ4n) is 3.37. The van der Waals surface area contributed by atoms with E-state index < -0.39 is 18.5 Å². The number of carbonyl (C=O) groups is 3. The molecule has 3 rings (SSSR count). The number of anilines is 1. The second-order valence-corrected chi connectivity index (χ2v) is 7.09. The van der Waals surface area contributed by atoms with Gasteiger partial charge in [0.25, 0.3) is 11.8 Å². The summed E-state index contributed by atoms with van der Waals surface area (Å²) >= 11 is 0. The molecule has 1 heterocycles. The molecule has 2 aromatic carbocycles. The Hall–Kier alpha value is -3.62.